The molecule has 5 nitrogen and oxygen atoms in total. The number of likely N-dealkylation sites (tertiary alicyclic amines) is 1. The van der Waals surface area contributed by atoms with Crippen LogP contribution in [0.25, 0.3) is 0 Å². The van der Waals surface area contributed by atoms with Gasteiger partial charge in [-0.05, 0) is 43.4 Å². The van der Waals surface area contributed by atoms with E-state index >= 15 is 0 Å². The summed E-state index contributed by atoms with van der Waals surface area (Å²) in [6.07, 6.45) is 2.53. The molecule has 0 aromatic heterocycles. The van der Waals surface area contributed by atoms with E-state index in [9.17, 15) is 9.59 Å². The fourth-order valence-corrected chi connectivity index (χ4v) is 3.28. The Labute approximate surface area is 130 Å². The minimum absolute atomic E-state index is 0.0103. The maximum atomic E-state index is 12.3. The van der Waals surface area contributed by atoms with Crippen LogP contribution in [0.5, 0.6) is 5.75 Å². The highest BCUT2D eigenvalue weighted by molar-refractivity contribution is 5.79. The summed E-state index contributed by atoms with van der Waals surface area (Å²) >= 11 is 0. The number of amides is 2. The van der Waals surface area contributed by atoms with Gasteiger partial charge in [0.05, 0.1) is 6.04 Å². The van der Waals surface area contributed by atoms with Gasteiger partial charge in [-0.1, -0.05) is 12.1 Å². The van der Waals surface area contributed by atoms with Crippen molar-refractivity contribution in [2.75, 3.05) is 19.7 Å². The Morgan fingerprint density at radius 3 is 3.09 bits per heavy atom. The third-order valence-electron chi connectivity index (χ3n) is 4.47. The molecule has 3 rings (SSSR count). The Bertz CT molecular complexity index is 573. The molecule has 118 valence electrons. The number of carbonyl (C=O) groups excluding carboxylic acids is 2. The number of rotatable bonds is 3. The molecule has 5 heteroatoms. The van der Waals surface area contributed by atoms with Crippen LogP contribution in [0.1, 0.15) is 24.8 Å². The number of ether oxygens (including phenoxy) is 1. The van der Waals surface area contributed by atoms with Gasteiger partial charge in [-0.15, -0.1) is 0 Å². The molecule has 0 radical (unpaired) electrons. The van der Waals surface area contributed by atoms with Crippen molar-refractivity contribution in [3.63, 3.8) is 0 Å². The van der Waals surface area contributed by atoms with Crippen LogP contribution in [0.3, 0.4) is 0 Å². The van der Waals surface area contributed by atoms with Crippen molar-refractivity contribution in [3.05, 3.63) is 29.8 Å². The summed E-state index contributed by atoms with van der Waals surface area (Å²) in [4.78, 5) is 25.7. The van der Waals surface area contributed by atoms with Crippen LogP contribution >= 0.6 is 0 Å². The molecule has 2 aliphatic heterocycles. The van der Waals surface area contributed by atoms with Gasteiger partial charge in [-0.2, -0.15) is 0 Å². The lowest BCUT2D eigenvalue weighted by molar-refractivity contribution is -0.132. The molecule has 0 saturated carbocycles. The summed E-state index contributed by atoms with van der Waals surface area (Å²) in [5.74, 6) is 1.20. The third-order valence-corrected chi connectivity index (χ3v) is 4.47. The van der Waals surface area contributed by atoms with E-state index in [4.69, 9.17) is 4.74 Å². The van der Waals surface area contributed by atoms with Gasteiger partial charge < -0.3 is 15.0 Å². The normalized spacial score (nSPS) is 24.4. The average molecular weight is 302 g/mol. The first-order valence-corrected chi connectivity index (χ1v) is 7.88. The second kappa shape index (κ2) is 6.38. The maximum absolute atomic E-state index is 12.3. The lowest BCUT2D eigenvalue weighted by atomic mass is 9.99. The van der Waals surface area contributed by atoms with Gasteiger partial charge in [0, 0.05) is 19.5 Å². The number of benzene rings is 1. The number of aryl methyl sites for hydroxylation is 1. The van der Waals surface area contributed by atoms with Crippen molar-refractivity contribution >= 4 is 11.8 Å². The number of nitrogens with one attached hydrogen (secondary N) is 1. The molecule has 2 amide bonds. The summed E-state index contributed by atoms with van der Waals surface area (Å²) in [5.41, 5.74) is 1.11. The molecule has 2 atom stereocenters. The largest absolute Gasteiger partial charge is 0.484 e. The maximum Gasteiger partial charge on any atom is 0.260 e. The molecule has 0 unspecified atom stereocenters. The fourth-order valence-electron chi connectivity index (χ4n) is 3.28. The summed E-state index contributed by atoms with van der Waals surface area (Å²) in [6, 6.07) is 7.79. The molecule has 2 heterocycles. The summed E-state index contributed by atoms with van der Waals surface area (Å²) in [5, 5.41) is 3.03. The topological polar surface area (TPSA) is 58.6 Å². The Hall–Kier alpha value is -2.04. The van der Waals surface area contributed by atoms with E-state index in [-0.39, 0.29) is 24.5 Å². The molecular formula is C17H22N2O3. The van der Waals surface area contributed by atoms with Gasteiger partial charge in [0.2, 0.25) is 5.91 Å². The van der Waals surface area contributed by atoms with Gasteiger partial charge >= 0.3 is 0 Å². The second-order valence-corrected chi connectivity index (χ2v) is 6.23. The lowest BCUT2D eigenvalue weighted by Crippen LogP contribution is -2.40. The van der Waals surface area contributed by atoms with Gasteiger partial charge in [-0.25, -0.2) is 0 Å². The number of hydrogen-bond donors (Lipinski definition) is 1. The average Bonchev–Trinajstić information content (AvgIpc) is 2.80. The Morgan fingerprint density at radius 2 is 2.27 bits per heavy atom. The smallest absolute Gasteiger partial charge is 0.260 e. The van der Waals surface area contributed by atoms with E-state index in [0.717, 1.165) is 30.7 Å². The minimum atomic E-state index is -0.0103. The van der Waals surface area contributed by atoms with E-state index < -0.39 is 0 Å². The van der Waals surface area contributed by atoms with E-state index in [0.29, 0.717) is 18.9 Å². The summed E-state index contributed by atoms with van der Waals surface area (Å²) in [6.45, 7) is 3.37. The quantitative estimate of drug-likeness (QED) is 0.920. The molecule has 1 N–H and O–H groups in total. The Morgan fingerprint density at radius 1 is 1.41 bits per heavy atom. The van der Waals surface area contributed by atoms with Crippen LogP contribution in [0.2, 0.25) is 0 Å². The third kappa shape index (κ3) is 3.40. The number of nitrogens with zero attached hydrogens (tertiary/aromatic N) is 1. The molecule has 0 spiro atoms. The molecule has 0 bridgehead atoms. The van der Waals surface area contributed by atoms with E-state index in [1.165, 1.54) is 0 Å². The predicted molar refractivity (Wildman–Crippen MR) is 82.5 cm³/mol. The van der Waals surface area contributed by atoms with Crippen LogP contribution in [0.4, 0.5) is 0 Å². The van der Waals surface area contributed by atoms with Crippen LogP contribution in [0.15, 0.2) is 24.3 Å². The van der Waals surface area contributed by atoms with Gasteiger partial charge in [-0.3, -0.25) is 9.59 Å². The van der Waals surface area contributed by atoms with Crippen molar-refractivity contribution in [2.24, 2.45) is 5.92 Å². The molecule has 2 fully saturated rings. The van der Waals surface area contributed by atoms with Crippen molar-refractivity contribution in [1.82, 2.24) is 10.2 Å². The minimum Gasteiger partial charge on any atom is -0.484 e. The van der Waals surface area contributed by atoms with Crippen LogP contribution in [-0.2, 0) is 9.59 Å². The number of fused-ring (bicyclic) bond motifs is 1. The Balaban J connectivity index is 1.54. The SMILES string of the molecule is Cc1cccc(OCC(=O)N2C[C@H]3CCCC(=O)N[C@H]3C2)c1. The number of carbonyl (C=O) groups is 2. The number of hydrogen-bond acceptors (Lipinski definition) is 3. The molecule has 2 aliphatic rings. The van der Waals surface area contributed by atoms with Crippen molar-refractivity contribution < 1.29 is 14.3 Å². The van der Waals surface area contributed by atoms with Gasteiger partial charge in [0.1, 0.15) is 5.75 Å². The van der Waals surface area contributed by atoms with Crippen molar-refractivity contribution in [2.45, 2.75) is 32.2 Å². The van der Waals surface area contributed by atoms with E-state index in [1.54, 1.807) is 0 Å². The Kier molecular flexibility index (Phi) is 4.32. The van der Waals surface area contributed by atoms with Gasteiger partial charge in [0.15, 0.2) is 6.61 Å². The molecule has 1 aromatic rings. The lowest BCUT2D eigenvalue weighted by Gasteiger charge is -2.17. The summed E-state index contributed by atoms with van der Waals surface area (Å²) in [7, 11) is 0. The van der Waals surface area contributed by atoms with E-state index in [1.807, 2.05) is 36.1 Å². The van der Waals surface area contributed by atoms with Crippen LogP contribution in [-0.4, -0.2) is 42.5 Å². The van der Waals surface area contributed by atoms with Crippen molar-refractivity contribution in [1.29, 1.82) is 0 Å². The zero-order chi connectivity index (χ0) is 15.5. The highest BCUT2D eigenvalue weighted by Crippen LogP contribution is 2.25. The zero-order valence-electron chi connectivity index (χ0n) is 12.9. The monoisotopic (exact) mass is 302 g/mol. The molecular weight excluding hydrogens is 280 g/mol. The first-order chi connectivity index (χ1) is 10.6. The van der Waals surface area contributed by atoms with Crippen LogP contribution in [0, 0.1) is 12.8 Å². The second-order valence-electron chi connectivity index (χ2n) is 6.23. The molecule has 1 aromatic carbocycles. The molecule has 22 heavy (non-hydrogen) atoms. The first-order valence-electron chi connectivity index (χ1n) is 7.88. The highest BCUT2D eigenvalue weighted by atomic mass is 16.5. The van der Waals surface area contributed by atoms with Crippen LogP contribution < -0.4 is 10.1 Å². The summed E-state index contributed by atoms with van der Waals surface area (Å²) < 4.78 is 5.58. The zero-order valence-corrected chi connectivity index (χ0v) is 12.9. The fraction of sp³-hybridized carbons (Fsp3) is 0.529. The highest BCUT2D eigenvalue weighted by Gasteiger charge is 2.37. The standard InChI is InChI=1S/C17H22N2O3/c1-12-4-2-6-14(8-12)22-11-17(21)19-9-13-5-3-7-16(20)18-15(13)10-19/h2,4,6,8,13,15H,3,5,7,9-11H2,1H3,(H,18,20)/t13-,15+/m1/s1. The van der Waals surface area contributed by atoms with Crippen molar-refractivity contribution in [3.8, 4) is 5.75 Å². The van der Waals surface area contributed by atoms with E-state index in [2.05, 4.69) is 5.32 Å². The first kappa shape index (κ1) is 14.9. The molecule has 2 saturated heterocycles. The predicted octanol–water partition coefficient (Wildman–Crippen LogP) is 1.50. The van der Waals surface area contributed by atoms with Gasteiger partial charge in [0.25, 0.3) is 5.91 Å². The molecule has 0 aliphatic carbocycles.